The number of nitrogens with one attached hydrogen (secondary N) is 1. The number of hydrogen-bond acceptors (Lipinski definition) is 5. The van der Waals surface area contributed by atoms with Crippen LogP contribution in [0.4, 0.5) is 0 Å². The Bertz CT molecular complexity index is 578. The van der Waals surface area contributed by atoms with Gasteiger partial charge in [0.25, 0.3) is 0 Å². The summed E-state index contributed by atoms with van der Waals surface area (Å²) in [5, 5.41) is 6.85. The molecule has 3 N–H and O–H groups in total. The molecule has 0 atom stereocenters. The van der Waals surface area contributed by atoms with Crippen molar-refractivity contribution in [2.75, 3.05) is 6.54 Å². The van der Waals surface area contributed by atoms with Gasteiger partial charge in [-0.3, -0.25) is 10.1 Å². The fraction of sp³-hybridized carbons (Fsp3) is 0.357. The second kappa shape index (κ2) is 5.83. The number of carbonyl (C=O) groups is 1. The molecule has 1 heterocycles. The molecule has 0 fully saturated rings. The second-order valence-corrected chi connectivity index (χ2v) is 5.07. The number of primary amides is 1. The summed E-state index contributed by atoms with van der Waals surface area (Å²) < 4.78 is 5.18. The monoisotopic (exact) mass is 274 g/mol. The molecule has 1 aromatic heterocycles. The third-order valence-electron chi connectivity index (χ3n) is 3.10. The maximum absolute atomic E-state index is 10.6. The van der Waals surface area contributed by atoms with Crippen LogP contribution in [0.15, 0.2) is 34.9 Å². The van der Waals surface area contributed by atoms with E-state index in [4.69, 9.17) is 10.3 Å². The van der Waals surface area contributed by atoms with E-state index in [1.807, 2.05) is 44.2 Å². The Morgan fingerprint density at radius 2 is 2.05 bits per heavy atom. The molecule has 106 valence electrons. The zero-order valence-electron chi connectivity index (χ0n) is 11.6. The lowest BCUT2D eigenvalue weighted by molar-refractivity contribution is -0.117. The van der Waals surface area contributed by atoms with Crippen molar-refractivity contribution in [2.24, 2.45) is 5.73 Å². The van der Waals surface area contributed by atoms with E-state index in [2.05, 4.69) is 15.5 Å². The third kappa shape index (κ3) is 3.21. The summed E-state index contributed by atoms with van der Waals surface area (Å²) in [4.78, 5) is 15.0. The first-order chi connectivity index (χ1) is 9.50. The van der Waals surface area contributed by atoms with Gasteiger partial charge in [0.15, 0.2) is 5.82 Å². The van der Waals surface area contributed by atoms with Gasteiger partial charge in [0.2, 0.25) is 11.8 Å². The van der Waals surface area contributed by atoms with E-state index in [9.17, 15) is 4.79 Å². The molecule has 2 aromatic rings. The molecule has 20 heavy (non-hydrogen) atoms. The molecule has 0 saturated heterocycles. The smallest absolute Gasteiger partial charge is 0.240 e. The Hall–Kier alpha value is -2.21. The standard InChI is InChI=1S/C14H18N4O2/c1-14(2,10-6-4-3-5-7-10)13-17-12(20-18-13)9-16-8-11(15)19/h3-7,16H,8-9H2,1-2H3,(H2,15,19). The maximum Gasteiger partial charge on any atom is 0.240 e. The van der Waals surface area contributed by atoms with Gasteiger partial charge in [0.05, 0.1) is 18.5 Å². The van der Waals surface area contributed by atoms with Gasteiger partial charge in [-0.15, -0.1) is 0 Å². The summed E-state index contributed by atoms with van der Waals surface area (Å²) in [6.45, 7) is 4.47. The van der Waals surface area contributed by atoms with E-state index in [0.29, 0.717) is 18.3 Å². The molecule has 0 aliphatic heterocycles. The van der Waals surface area contributed by atoms with Gasteiger partial charge in [-0.2, -0.15) is 4.98 Å². The molecule has 1 aromatic carbocycles. The van der Waals surface area contributed by atoms with Gasteiger partial charge in [0.1, 0.15) is 0 Å². The van der Waals surface area contributed by atoms with Crippen LogP contribution in [-0.4, -0.2) is 22.6 Å². The molecular formula is C14H18N4O2. The van der Waals surface area contributed by atoms with E-state index in [1.165, 1.54) is 0 Å². The summed E-state index contributed by atoms with van der Waals surface area (Å²) in [5.74, 6) is 0.624. The number of aromatic nitrogens is 2. The second-order valence-electron chi connectivity index (χ2n) is 5.07. The van der Waals surface area contributed by atoms with E-state index in [0.717, 1.165) is 5.56 Å². The van der Waals surface area contributed by atoms with Crippen molar-refractivity contribution in [1.82, 2.24) is 15.5 Å². The Morgan fingerprint density at radius 3 is 2.70 bits per heavy atom. The van der Waals surface area contributed by atoms with Crippen LogP contribution in [0.25, 0.3) is 0 Å². The highest BCUT2D eigenvalue weighted by molar-refractivity contribution is 5.75. The van der Waals surface area contributed by atoms with Crippen molar-refractivity contribution >= 4 is 5.91 Å². The SMILES string of the molecule is CC(C)(c1ccccc1)c1noc(CNCC(N)=O)n1. The summed E-state index contributed by atoms with van der Waals surface area (Å²) in [6.07, 6.45) is 0. The Kier molecular flexibility index (Phi) is 4.14. The topological polar surface area (TPSA) is 94.0 Å². The minimum absolute atomic E-state index is 0.0831. The van der Waals surface area contributed by atoms with Crippen LogP contribution in [0.2, 0.25) is 0 Å². The number of amides is 1. The van der Waals surface area contributed by atoms with E-state index >= 15 is 0 Å². The highest BCUT2D eigenvalue weighted by atomic mass is 16.5. The predicted octanol–water partition coefficient (Wildman–Crippen LogP) is 0.970. The molecule has 0 aliphatic rings. The van der Waals surface area contributed by atoms with Crippen molar-refractivity contribution in [3.8, 4) is 0 Å². The van der Waals surface area contributed by atoms with E-state index < -0.39 is 5.91 Å². The zero-order chi connectivity index (χ0) is 14.6. The highest BCUT2D eigenvalue weighted by Gasteiger charge is 2.28. The molecule has 6 nitrogen and oxygen atoms in total. The van der Waals surface area contributed by atoms with Gasteiger partial charge < -0.3 is 10.3 Å². The summed E-state index contributed by atoms with van der Waals surface area (Å²) in [5.41, 5.74) is 5.81. The molecule has 2 rings (SSSR count). The first-order valence-corrected chi connectivity index (χ1v) is 6.38. The van der Waals surface area contributed by atoms with Crippen molar-refractivity contribution in [3.05, 3.63) is 47.6 Å². The molecule has 1 amide bonds. The van der Waals surface area contributed by atoms with Crippen LogP contribution >= 0.6 is 0 Å². The van der Waals surface area contributed by atoms with E-state index in [1.54, 1.807) is 0 Å². The van der Waals surface area contributed by atoms with Crippen LogP contribution in [0.3, 0.4) is 0 Å². The number of hydrogen-bond donors (Lipinski definition) is 2. The first-order valence-electron chi connectivity index (χ1n) is 6.38. The Balaban J connectivity index is 2.10. The first kappa shape index (κ1) is 14.2. The zero-order valence-corrected chi connectivity index (χ0v) is 11.6. The van der Waals surface area contributed by atoms with Crippen molar-refractivity contribution < 1.29 is 9.32 Å². The quantitative estimate of drug-likeness (QED) is 0.818. The number of nitrogens with two attached hydrogens (primary N) is 1. The summed E-state index contributed by atoms with van der Waals surface area (Å²) >= 11 is 0. The minimum Gasteiger partial charge on any atom is -0.369 e. The molecule has 0 saturated carbocycles. The fourth-order valence-electron chi connectivity index (χ4n) is 1.86. The van der Waals surface area contributed by atoms with Crippen LogP contribution in [0.5, 0.6) is 0 Å². The van der Waals surface area contributed by atoms with Crippen LogP contribution in [0.1, 0.15) is 31.1 Å². The summed E-state index contributed by atoms with van der Waals surface area (Å²) in [6, 6.07) is 9.98. The molecule has 0 radical (unpaired) electrons. The van der Waals surface area contributed by atoms with E-state index in [-0.39, 0.29) is 12.0 Å². The van der Waals surface area contributed by atoms with Crippen molar-refractivity contribution in [1.29, 1.82) is 0 Å². The number of benzene rings is 1. The summed E-state index contributed by atoms with van der Waals surface area (Å²) in [7, 11) is 0. The number of rotatable bonds is 6. The van der Waals surface area contributed by atoms with Crippen LogP contribution in [-0.2, 0) is 16.8 Å². The maximum atomic E-state index is 10.6. The molecule has 6 heteroatoms. The molecule has 0 aliphatic carbocycles. The average molecular weight is 274 g/mol. The van der Waals surface area contributed by atoms with Gasteiger partial charge in [-0.05, 0) is 19.4 Å². The normalized spacial score (nSPS) is 11.5. The number of nitrogens with zero attached hydrogens (tertiary/aromatic N) is 2. The van der Waals surface area contributed by atoms with Crippen molar-refractivity contribution in [3.63, 3.8) is 0 Å². The molecular weight excluding hydrogens is 256 g/mol. The van der Waals surface area contributed by atoms with Gasteiger partial charge in [-0.1, -0.05) is 35.5 Å². The van der Waals surface area contributed by atoms with Gasteiger partial charge in [0, 0.05) is 0 Å². The Labute approximate surface area is 117 Å². The van der Waals surface area contributed by atoms with Crippen LogP contribution in [0, 0.1) is 0 Å². The van der Waals surface area contributed by atoms with Crippen LogP contribution < -0.4 is 11.1 Å². The Morgan fingerprint density at radius 1 is 1.35 bits per heavy atom. The third-order valence-corrected chi connectivity index (χ3v) is 3.10. The van der Waals surface area contributed by atoms with Gasteiger partial charge in [-0.25, -0.2) is 0 Å². The average Bonchev–Trinajstić information content (AvgIpc) is 2.89. The molecule has 0 spiro atoms. The lowest BCUT2D eigenvalue weighted by Crippen LogP contribution is -2.28. The molecule has 0 bridgehead atoms. The van der Waals surface area contributed by atoms with Gasteiger partial charge >= 0.3 is 0 Å². The number of carbonyl (C=O) groups excluding carboxylic acids is 1. The molecule has 0 unspecified atom stereocenters. The van der Waals surface area contributed by atoms with Crippen molar-refractivity contribution in [2.45, 2.75) is 25.8 Å². The lowest BCUT2D eigenvalue weighted by Gasteiger charge is -2.20. The lowest BCUT2D eigenvalue weighted by atomic mass is 9.84. The largest absolute Gasteiger partial charge is 0.369 e. The minimum atomic E-state index is -0.422. The predicted molar refractivity (Wildman–Crippen MR) is 73.8 cm³/mol. The fourth-order valence-corrected chi connectivity index (χ4v) is 1.86. The highest BCUT2D eigenvalue weighted by Crippen LogP contribution is 2.28.